The fourth-order valence-electron chi connectivity index (χ4n) is 8.59. The van der Waals surface area contributed by atoms with Crippen molar-refractivity contribution >= 4 is 77.4 Å². The number of fused-ring (bicyclic) bond motifs is 6. The third kappa shape index (κ3) is 5.18. The molecule has 1 aliphatic rings. The number of aryl methyl sites for hydroxylation is 4. The van der Waals surface area contributed by atoms with Crippen molar-refractivity contribution < 1.29 is 35.8 Å². The van der Waals surface area contributed by atoms with Gasteiger partial charge in [-0.05, 0) is 123 Å². The van der Waals surface area contributed by atoms with Gasteiger partial charge in [-0.25, -0.2) is 0 Å². The summed E-state index contributed by atoms with van der Waals surface area (Å²) >= 11 is 2.21. The number of hydrogen-bond acceptors (Lipinski definition) is 4. The fourth-order valence-corrected chi connectivity index (χ4v) is 10.6. The Morgan fingerprint density at radius 3 is 1.21 bits per heavy atom. The van der Waals surface area contributed by atoms with Crippen LogP contribution in [0.25, 0.3) is 75.6 Å². The molecule has 0 N–H and O–H groups in total. The maximum Gasteiger partial charge on any atom is 0.380 e. The predicted molar refractivity (Wildman–Crippen MR) is 221 cm³/mol. The van der Waals surface area contributed by atoms with Crippen molar-refractivity contribution in [1.82, 2.24) is 9.13 Å². The van der Waals surface area contributed by atoms with Crippen LogP contribution < -0.4 is 9.47 Å². The standard InChI is InChI=1S/C45H36F6N2O2S2/c1-7-52-35-13-9-25(17-31(35)33-19-27(54-5)11-15-37(33)52)39-21-29(23(3)56-39)41-42(44(48,49)45(50,51)43(41,46)47)30-22-40(57-24(30)4)26-10-14-36-32(18-26)34-20-28(55-6)12-16-38(34)53(36)8-2/h9-22H,7-8H2,1-6H3. The first-order valence-corrected chi connectivity index (χ1v) is 20.1. The molecule has 12 heteroatoms. The highest BCUT2D eigenvalue weighted by molar-refractivity contribution is 7.16. The summed E-state index contributed by atoms with van der Waals surface area (Å²) in [5.41, 5.74) is 1.83. The molecule has 4 aromatic carbocycles. The number of alkyl halides is 6. The molecule has 0 spiro atoms. The van der Waals surface area contributed by atoms with Gasteiger partial charge >= 0.3 is 17.8 Å². The lowest BCUT2D eigenvalue weighted by Crippen LogP contribution is -2.48. The number of methoxy groups -OCH3 is 2. The first-order chi connectivity index (χ1) is 27.2. The minimum Gasteiger partial charge on any atom is -0.497 e. The first kappa shape index (κ1) is 37.4. The van der Waals surface area contributed by atoms with Gasteiger partial charge in [-0.15, -0.1) is 22.7 Å². The van der Waals surface area contributed by atoms with E-state index in [0.717, 1.165) is 66.3 Å². The summed E-state index contributed by atoms with van der Waals surface area (Å²) in [4.78, 5) is 1.43. The smallest absolute Gasteiger partial charge is 0.380 e. The van der Waals surface area contributed by atoms with Crippen LogP contribution in [0.3, 0.4) is 0 Å². The van der Waals surface area contributed by atoms with Crippen LogP contribution in [0, 0.1) is 13.8 Å². The second kappa shape index (κ2) is 12.9. The molecule has 0 aliphatic heterocycles. The minimum absolute atomic E-state index is 0.227. The van der Waals surface area contributed by atoms with Crippen molar-refractivity contribution in [2.24, 2.45) is 0 Å². The zero-order valence-electron chi connectivity index (χ0n) is 31.8. The lowest BCUT2D eigenvalue weighted by atomic mass is 9.94. The highest BCUT2D eigenvalue weighted by atomic mass is 32.1. The van der Waals surface area contributed by atoms with Gasteiger partial charge in [0.15, 0.2) is 0 Å². The van der Waals surface area contributed by atoms with E-state index in [4.69, 9.17) is 9.47 Å². The third-order valence-corrected chi connectivity index (χ3v) is 13.6. The molecule has 9 rings (SSSR count). The summed E-state index contributed by atoms with van der Waals surface area (Å²) in [5.74, 6) is -14.7. The van der Waals surface area contributed by atoms with Gasteiger partial charge in [0.2, 0.25) is 0 Å². The highest BCUT2D eigenvalue weighted by Gasteiger charge is 2.80. The second-order valence-electron chi connectivity index (χ2n) is 14.4. The summed E-state index contributed by atoms with van der Waals surface area (Å²) in [6.45, 7) is 8.47. The molecule has 8 aromatic rings. The fraction of sp³-hybridized carbons (Fsp3) is 0.244. The van der Waals surface area contributed by atoms with E-state index in [1.807, 2.05) is 86.6 Å². The first-order valence-electron chi connectivity index (χ1n) is 18.5. The summed E-state index contributed by atoms with van der Waals surface area (Å²) in [5, 5.41) is 3.62. The topological polar surface area (TPSA) is 28.3 Å². The quantitative estimate of drug-likeness (QED) is 0.143. The molecule has 0 saturated heterocycles. The van der Waals surface area contributed by atoms with E-state index >= 15 is 26.3 Å². The number of halogens is 6. The Kier molecular flexibility index (Phi) is 8.46. The molecule has 0 saturated carbocycles. The van der Waals surface area contributed by atoms with E-state index in [9.17, 15) is 0 Å². The van der Waals surface area contributed by atoms with Crippen LogP contribution in [-0.4, -0.2) is 41.1 Å². The van der Waals surface area contributed by atoms with Crippen LogP contribution in [0.15, 0.2) is 84.9 Å². The lowest BCUT2D eigenvalue weighted by Gasteiger charge is -2.25. The molecule has 4 nitrogen and oxygen atoms in total. The molecule has 0 amide bonds. The van der Waals surface area contributed by atoms with Crippen LogP contribution in [-0.2, 0) is 13.1 Å². The van der Waals surface area contributed by atoms with Gasteiger partial charge in [0, 0.05) is 87.4 Å². The summed E-state index contributed by atoms with van der Waals surface area (Å²) in [7, 11) is 3.16. The van der Waals surface area contributed by atoms with Crippen molar-refractivity contribution in [1.29, 1.82) is 0 Å². The van der Waals surface area contributed by atoms with Crippen molar-refractivity contribution in [3.05, 3.63) is 106 Å². The number of thiophene rings is 2. The number of benzene rings is 4. The van der Waals surface area contributed by atoms with Crippen LogP contribution in [0.2, 0.25) is 0 Å². The van der Waals surface area contributed by atoms with Crippen molar-refractivity contribution in [3.63, 3.8) is 0 Å². The zero-order valence-corrected chi connectivity index (χ0v) is 33.4. The molecule has 0 atom stereocenters. The number of rotatable bonds is 8. The maximum absolute atomic E-state index is 16.2. The molecule has 0 radical (unpaired) electrons. The van der Waals surface area contributed by atoms with Crippen molar-refractivity contribution in [2.45, 2.75) is 58.6 Å². The van der Waals surface area contributed by atoms with E-state index in [-0.39, 0.29) is 20.9 Å². The zero-order chi connectivity index (χ0) is 40.3. The molecular weight excluding hydrogens is 779 g/mol. The Morgan fingerprint density at radius 1 is 0.509 bits per heavy atom. The summed E-state index contributed by atoms with van der Waals surface area (Å²) in [6, 6.07) is 25.6. The van der Waals surface area contributed by atoms with Gasteiger partial charge in [0.25, 0.3) is 0 Å². The number of allylic oxidation sites excluding steroid dienone is 2. The Hall–Kier alpha value is -5.20. The Balaban J connectivity index is 1.21. The van der Waals surface area contributed by atoms with Gasteiger partial charge in [-0.3, -0.25) is 0 Å². The summed E-state index contributed by atoms with van der Waals surface area (Å²) in [6.07, 6.45) is 0. The van der Waals surface area contributed by atoms with Gasteiger partial charge in [0.05, 0.1) is 14.2 Å². The van der Waals surface area contributed by atoms with E-state index in [1.165, 1.54) is 26.0 Å². The molecular formula is C45H36F6N2O2S2. The van der Waals surface area contributed by atoms with Gasteiger partial charge in [-0.2, -0.15) is 26.3 Å². The van der Waals surface area contributed by atoms with Crippen molar-refractivity contribution in [3.8, 4) is 32.4 Å². The van der Waals surface area contributed by atoms with E-state index in [0.29, 0.717) is 45.5 Å². The highest BCUT2D eigenvalue weighted by Crippen LogP contribution is 2.66. The van der Waals surface area contributed by atoms with Crippen molar-refractivity contribution in [2.75, 3.05) is 14.2 Å². The Morgan fingerprint density at radius 2 is 0.860 bits per heavy atom. The normalized spacial score (nSPS) is 16.2. The number of aromatic nitrogens is 2. The lowest BCUT2D eigenvalue weighted by molar-refractivity contribution is -0.254. The number of hydrogen-bond donors (Lipinski definition) is 0. The average molecular weight is 815 g/mol. The monoisotopic (exact) mass is 814 g/mol. The second-order valence-corrected chi connectivity index (χ2v) is 16.9. The largest absolute Gasteiger partial charge is 0.497 e. The Bertz CT molecular complexity index is 2780. The molecule has 0 unspecified atom stereocenters. The van der Waals surface area contributed by atoms with Crippen LogP contribution in [0.4, 0.5) is 26.3 Å². The number of nitrogens with zero attached hydrogens (tertiary/aromatic N) is 2. The molecule has 57 heavy (non-hydrogen) atoms. The molecule has 292 valence electrons. The van der Waals surface area contributed by atoms with E-state index in [1.54, 1.807) is 14.2 Å². The Labute approximate surface area is 332 Å². The molecule has 0 fully saturated rings. The van der Waals surface area contributed by atoms with Gasteiger partial charge in [-0.1, -0.05) is 12.1 Å². The maximum atomic E-state index is 16.2. The molecule has 4 aromatic heterocycles. The van der Waals surface area contributed by atoms with Crippen LogP contribution in [0.1, 0.15) is 34.7 Å². The average Bonchev–Trinajstić information content (AvgIpc) is 3.96. The van der Waals surface area contributed by atoms with Crippen LogP contribution >= 0.6 is 22.7 Å². The molecule has 1 aliphatic carbocycles. The third-order valence-electron chi connectivity index (χ3n) is 11.4. The summed E-state index contributed by atoms with van der Waals surface area (Å²) < 4.78 is 111. The minimum atomic E-state index is -5.67. The molecule has 4 heterocycles. The van der Waals surface area contributed by atoms with Crippen LogP contribution in [0.5, 0.6) is 11.5 Å². The molecule has 0 bridgehead atoms. The van der Waals surface area contributed by atoms with E-state index in [2.05, 4.69) is 9.13 Å². The van der Waals surface area contributed by atoms with Gasteiger partial charge < -0.3 is 18.6 Å². The predicted octanol–water partition coefficient (Wildman–Crippen LogP) is 13.9. The van der Waals surface area contributed by atoms with E-state index < -0.39 is 28.9 Å². The van der Waals surface area contributed by atoms with Gasteiger partial charge in [0.1, 0.15) is 11.5 Å². The SMILES string of the molecule is CCn1c2ccc(OC)cc2c2cc(-c3cc(C4=C(c5cc(-c6ccc7c(c6)c6cc(OC)ccc6n7CC)sc5C)C(F)(F)C(F)(F)C4(F)F)c(C)s3)ccc21. The number of ether oxygens (including phenoxy) is 2.